The zero-order chi connectivity index (χ0) is 18.5. The predicted octanol–water partition coefficient (Wildman–Crippen LogP) is 0.527. The Morgan fingerprint density at radius 2 is 2.00 bits per heavy atom. The molecule has 0 aromatic carbocycles. The van der Waals surface area contributed by atoms with Gasteiger partial charge in [0.1, 0.15) is 12.2 Å². The Morgan fingerprint density at radius 3 is 2.74 bits per heavy atom. The molecule has 0 unspecified atom stereocenters. The molecule has 0 spiro atoms. The molecule has 3 aromatic rings. The first-order valence-electron chi connectivity index (χ1n) is 8.85. The highest BCUT2D eigenvalue weighted by Gasteiger charge is 2.22. The van der Waals surface area contributed by atoms with Gasteiger partial charge in [0, 0.05) is 57.0 Å². The molecule has 1 amide bonds. The largest absolute Gasteiger partial charge is 0.340 e. The molecule has 1 N–H and O–H groups in total. The van der Waals surface area contributed by atoms with E-state index in [0.717, 1.165) is 31.0 Å². The molecule has 27 heavy (non-hydrogen) atoms. The van der Waals surface area contributed by atoms with E-state index in [1.54, 1.807) is 12.4 Å². The predicted molar refractivity (Wildman–Crippen MR) is 94.1 cm³/mol. The fourth-order valence-corrected chi connectivity index (χ4v) is 3.02. The third-order valence-corrected chi connectivity index (χ3v) is 4.52. The molecule has 0 aliphatic carbocycles. The summed E-state index contributed by atoms with van der Waals surface area (Å²) in [7, 11) is 0. The normalized spacial score (nSPS) is 15.2. The topological polar surface area (TPSA) is 117 Å². The van der Waals surface area contributed by atoms with E-state index < -0.39 is 0 Å². The van der Waals surface area contributed by atoms with Crippen LogP contribution in [0.3, 0.4) is 0 Å². The molecule has 0 atom stereocenters. The average Bonchev–Trinajstić information content (AvgIpc) is 3.39. The van der Waals surface area contributed by atoms with Gasteiger partial charge in [-0.25, -0.2) is 4.98 Å². The summed E-state index contributed by atoms with van der Waals surface area (Å²) in [5.41, 5.74) is 0.842. The number of aromatic nitrogens is 6. The molecule has 1 aliphatic rings. The van der Waals surface area contributed by atoms with E-state index in [1.165, 1.54) is 6.33 Å². The van der Waals surface area contributed by atoms with Crippen molar-refractivity contribution in [2.24, 2.45) is 0 Å². The Hall–Kier alpha value is -3.14. The van der Waals surface area contributed by atoms with Crippen LogP contribution >= 0.6 is 0 Å². The van der Waals surface area contributed by atoms with Gasteiger partial charge in [0.25, 0.3) is 0 Å². The first kappa shape index (κ1) is 17.3. The third-order valence-electron chi connectivity index (χ3n) is 4.52. The van der Waals surface area contributed by atoms with E-state index in [1.807, 2.05) is 17.0 Å². The van der Waals surface area contributed by atoms with Crippen LogP contribution in [-0.2, 0) is 17.8 Å². The van der Waals surface area contributed by atoms with Crippen molar-refractivity contribution in [3.05, 3.63) is 42.6 Å². The summed E-state index contributed by atoms with van der Waals surface area (Å²) in [6, 6.07) is 3.64. The minimum Gasteiger partial charge on any atom is -0.340 e. The Bertz CT molecular complexity index is 856. The number of hydrogen-bond donors (Lipinski definition) is 1. The van der Waals surface area contributed by atoms with Gasteiger partial charge in [-0.2, -0.15) is 10.1 Å². The number of hydrogen-bond acceptors (Lipinski definition) is 8. The van der Waals surface area contributed by atoms with Crippen LogP contribution in [0.4, 0.5) is 0 Å². The van der Waals surface area contributed by atoms with Gasteiger partial charge in [0.2, 0.25) is 17.6 Å². The molecule has 0 bridgehead atoms. The molecule has 4 rings (SSSR count). The SMILES string of the molecule is O=C(CCc1nc(-c2ccncc2)no1)N1CCN(Cc2ncn[nH]2)CC1. The van der Waals surface area contributed by atoms with Gasteiger partial charge >= 0.3 is 0 Å². The average molecular weight is 368 g/mol. The second-order valence-corrected chi connectivity index (χ2v) is 6.34. The monoisotopic (exact) mass is 368 g/mol. The smallest absolute Gasteiger partial charge is 0.227 e. The number of aryl methyl sites for hydroxylation is 1. The molecule has 1 saturated heterocycles. The maximum atomic E-state index is 12.5. The molecule has 10 nitrogen and oxygen atoms in total. The number of pyridine rings is 1. The van der Waals surface area contributed by atoms with Crippen molar-refractivity contribution in [2.75, 3.05) is 26.2 Å². The maximum Gasteiger partial charge on any atom is 0.227 e. The van der Waals surface area contributed by atoms with Crippen LogP contribution in [0.2, 0.25) is 0 Å². The van der Waals surface area contributed by atoms with E-state index in [2.05, 4.69) is 35.2 Å². The number of nitrogens with zero attached hydrogens (tertiary/aromatic N) is 7. The number of nitrogens with one attached hydrogen (secondary N) is 1. The maximum absolute atomic E-state index is 12.5. The molecule has 140 valence electrons. The minimum absolute atomic E-state index is 0.109. The van der Waals surface area contributed by atoms with Crippen molar-refractivity contribution in [3.8, 4) is 11.4 Å². The molecular formula is C17H20N8O2. The lowest BCUT2D eigenvalue weighted by Crippen LogP contribution is -2.48. The summed E-state index contributed by atoms with van der Waals surface area (Å²) in [6.45, 7) is 3.78. The first-order valence-corrected chi connectivity index (χ1v) is 8.85. The summed E-state index contributed by atoms with van der Waals surface area (Å²) >= 11 is 0. The fourth-order valence-electron chi connectivity index (χ4n) is 3.02. The molecule has 3 aromatic heterocycles. The van der Waals surface area contributed by atoms with Crippen LogP contribution in [0.1, 0.15) is 18.1 Å². The van der Waals surface area contributed by atoms with Gasteiger partial charge in [0.15, 0.2) is 0 Å². The Morgan fingerprint density at radius 1 is 1.19 bits per heavy atom. The van der Waals surface area contributed by atoms with E-state index >= 15 is 0 Å². The van der Waals surface area contributed by atoms with E-state index in [9.17, 15) is 4.79 Å². The lowest BCUT2D eigenvalue weighted by atomic mass is 10.2. The third kappa shape index (κ3) is 4.34. The Kier molecular flexibility index (Phi) is 5.15. The highest BCUT2D eigenvalue weighted by atomic mass is 16.5. The van der Waals surface area contributed by atoms with Crippen LogP contribution in [0.15, 0.2) is 35.4 Å². The zero-order valence-corrected chi connectivity index (χ0v) is 14.8. The van der Waals surface area contributed by atoms with Crippen molar-refractivity contribution in [1.82, 2.24) is 40.1 Å². The first-order chi connectivity index (χ1) is 13.3. The van der Waals surface area contributed by atoms with Crippen LogP contribution in [0.5, 0.6) is 0 Å². The molecular weight excluding hydrogens is 348 g/mol. The van der Waals surface area contributed by atoms with Crippen LogP contribution in [-0.4, -0.2) is 72.2 Å². The molecule has 1 aliphatic heterocycles. The number of carbonyl (C=O) groups is 1. The minimum atomic E-state index is 0.109. The van der Waals surface area contributed by atoms with E-state index in [-0.39, 0.29) is 5.91 Å². The van der Waals surface area contributed by atoms with E-state index in [4.69, 9.17) is 4.52 Å². The zero-order valence-electron chi connectivity index (χ0n) is 14.8. The summed E-state index contributed by atoms with van der Waals surface area (Å²) in [5, 5.41) is 10.7. The standard InChI is InChI=1S/C17H20N8O2/c26-16(25-9-7-24(8-10-25)11-14-19-12-20-22-14)2-1-15-21-17(23-27-15)13-3-5-18-6-4-13/h3-6,12H,1-2,7-11H2,(H,19,20,22). The molecule has 0 saturated carbocycles. The van der Waals surface area contributed by atoms with Crippen molar-refractivity contribution in [3.63, 3.8) is 0 Å². The van der Waals surface area contributed by atoms with Gasteiger partial charge in [0.05, 0.1) is 6.54 Å². The lowest BCUT2D eigenvalue weighted by molar-refractivity contribution is -0.133. The molecule has 10 heteroatoms. The van der Waals surface area contributed by atoms with Gasteiger partial charge in [-0.15, -0.1) is 0 Å². The van der Waals surface area contributed by atoms with Crippen molar-refractivity contribution in [2.45, 2.75) is 19.4 Å². The Labute approximate surface area is 155 Å². The highest BCUT2D eigenvalue weighted by molar-refractivity contribution is 5.76. The second kappa shape index (κ2) is 8.04. The quantitative estimate of drug-likeness (QED) is 0.669. The number of piperazine rings is 1. The second-order valence-electron chi connectivity index (χ2n) is 6.34. The summed E-state index contributed by atoms with van der Waals surface area (Å²) < 4.78 is 5.26. The summed E-state index contributed by atoms with van der Waals surface area (Å²) in [4.78, 5) is 29.0. The summed E-state index contributed by atoms with van der Waals surface area (Å²) in [5.74, 6) is 1.94. The Balaban J connectivity index is 1.24. The van der Waals surface area contributed by atoms with Crippen molar-refractivity contribution >= 4 is 5.91 Å². The molecule has 1 fully saturated rings. The number of H-pyrrole nitrogens is 1. The van der Waals surface area contributed by atoms with Gasteiger partial charge in [-0.1, -0.05) is 5.16 Å². The van der Waals surface area contributed by atoms with E-state index in [0.29, 0.717) is 37.6 Å². The fraction of sp³-hybridized carbons (Fsp3) is 0.412. The highest BCUT2D eigenvalue weighted by Crippen LogP contribution is 2.15. The number of rotatable bonds is 6. The molecule has 4 heterocycles. The lowest BCUT2D eigenvalue weighted by Gasteiger charge is -2.34. The van der Waals surface area contributed by atoms with Gasteiger partial charge in [-0.3, -0.25) is 19.8 Å². The summed E-state index contributed by atoms with van der Waals surface area (Å²) in [6.07, 6.45) is 5.66. The number of carbonyl (C=O) groups excluding carboxylic acids is 1. The van der Waals surface area contributed by atoms with Gasteiger partial charge in [-0.05, 0) is 12.1 Å². The number of aromatic amines is 1. The van der Waals surface area contributed by atoms with Crippen molar-refractivity contribution in [1.29, 1.82) is 0 Å². The van der Waals surface area contributed by atoms with Crippen LogP contribution < -0.4 is 0 Å². The van der Waals surface area contributed by atoms with Crippen molar-refractivity contribution < 1.29 is 9.32 Å². The number of amides is 1. The molecule has 0 radical (unpaired) electrons. The van der Waals surface area contributed by atoms with Gasteiger partial charge < -0.3 is 9.42 Å². The van der Waals surface area contributed by atoms with Crippen LogP contribution in [0.25, 0.3) is 11.4 Å². The van der Waals surface area contributed by atoms with Crippen LogP contribution in [0, 0.1) is 0 Å².